The number of carbonyl (C=O) groups excluding carboxylic acids is 4. The molecule has 0 radical (unpaired) electrons. The summed E-state index contributed by atoms with van der Waals surface area (Å²) in [6.07, 6.45) is 0. The van der Waals surface area contributed by atoms with Crippen LogP contribution in [0.15, 0.2) is 24.3 Å². The van der Waals surface area contributed by atoms with E-state index < -0.39 is 23.9 Å². The maximum atomic E-state index is 13.4. The van der Waals surface area contributed by atoms with Crippen LogP contribution in [0.4, 0.5) is 0 Å². The average Bonchev–Trinajstić information content (AvgIpc) is 3.37. The summed E-state index contributed by atoms with van der Waals surface area (Å²) in [5.41, 5.74) is 4.37. The van der Waals surface area contributed by atoms with Crippen LogP contribution in [0.5, 0.6) is 11.5 Å². The second kappa shape index (κ2) is 36.6. The first-order valence-electron chi connectivity index (χ1n) is 24.1. The molecule has 2 aromatic rings. The van der Waals surface area contributed by atoms with E-state index >= 15 is 0 Å². The first kappa shape index (κ1) is 80.4. The Hall–Kier alpha value is -3.51. The zero-order chi connectivity index (χ0) is 53.9. The molecular weight excluding hydrogens is 1070 g/mol. The van der Waals surface area contributed by atoms with Crippen molar-refractivity contribution in [3.05, 3.63) is 57.6 Å². The number of aliphatic hydroxyl groups excluding tert-OH is 2. The number of nitrogens with zero attached hydrogens (tertiary/aromatic N) is 6. The van der Waals surface area contributed by atoms with Crippen LogP contribution >= 0.6 is 0 Å². The van der Waals surface area contributed by atoms with Crippen molar-refractivity contribution in [1.82, 2.24) is 29.4 Å². The molecule has 2 aliphatic heterocycles. The fourth-order valence-electron chi connectivity index (χ4n) is 8.12. The number of carbonyl (C=O) groups is 4. The van der Waals surface area contributed by atoms with E-state index in [2.05, 4.69) is 51.3 Å². The molecule has 0 spiro atoms. The summed E-state index contributed by atoms with van der Waals surface area (Å²) in [5, 5.41) is 85.4. The van der Waals surface area contributed by atoms with Crippen LogP contribution in [0.25, 0.3) is 0 Å². The molecule has 2 aliphatic rings. The van der Waals surface area contributed by atoms with Crippen molar-refractivity contribution < 1.29 is 110 Å². The zero-order valence-electron chi connectivity index (χ0n) is 46.9. The van der Waals surface area contributed by atoms with E-state index in [4.69, 9.17) is 10.2 Å². The summed E-state index contributed by atoms with van der Waals surface area (Å²) >= 11 is 0. The molecule has 0 aromatic heterocycles. The van der Waals surface area contributed by atoms with Gasteiger partial charge in [0.05, 0.1) is 23.9 Å². The number of aliphatic carboxylic acids is 4. The Kier molecular flexibility index (Phi) is 39.2. The second-order valence-electron chi connectivity index (χ2n) is 22.2. The van der Waals surface area contributed by atoms with Crippen LogP contribution < -0.4 is 30.6 Å². The van der Waals surface area contributed by atoms with Crippen molar-refractivity contribution in [2.45, 2.75) is 118 Å². The molecule has 75 heavy (non-hydrogen) atoms. The van der Waals surface area contributed by atoms with Crippen LogP contribution in [0.2, 0.25) is 0 Å². The van der Waals surface area contributed by atoms with Gasteiger partial charge in [0, 0.05) is 132 Å². The number of hydrogen-bond donors (Lipinski definition) is 2. The predicted molar refractivity (Wildman–Crippen MR) is 270 cm³/mol. The number of hydrogen-bond acceptors (Lipinski definition) is 18. The minimum atomic E-state index is -1.17. The third-order valence-electron chi connectivity index (χ3n) is 12.3. The number of carboxylic acids is 4. The van der Waals surface area contributed by atoms with Gasteiger partial charge in [-0.25, -0.2) is 0 Å². The van der Waals surface area contributed by atoms with Crippen molar-refractivity contribution in [2.75, 3.05) is 119 Å². The predicted octanol–water partition coefficient (Wildman–Crippen LogP) is -4.71. The summed E-state index contributed by atoms with van der Waals surface area (Å²) in [5.74, 6) is -4.59. The van der Waals surface area contributed by atoms with E-state index in [-0.39, 0.29) is 109 Å². The average molecular weight is 1160 g/mol. The van der Waals surface area contributed by atoms with Gasteiger partial charge in [-0.3, -0.25) is 29.4 Å². The molecule has 0 bridgehead atoms. The van der Waals surface area contributed by atoms with Crippen LogP contribution in [0.3, 0.4) is 0 Å². The zero-order valence-corrected chi connectivity index (χ0v) is 48.9. The van der Waals surface area contributed by atoms with Gasteiger partial charge in [-0.15, -0.1) is 11.5 Å². The van der Waals surface area contributed by atoms with Crippen LogP contribution in [-0.4, -0.2) is 199 Å². The van der Waals surface area contributed by atoms with Gasteiger partial charge in [0.1, 0.15) is 0 Å². The van der Waals surface area contributed by atoms with Crippen LogP contribution in [0, 0.1) is 0 Å². The van der Waals surface area contributed by atoms with Crippen molar-refractivity contribution in [3.63, 3.8) is 0 Å². The topological polar surface area (TPSA) is 361 Å². The number of carboxylic acid groups (broad SMARTS) is 4. The fourth-order valence-corrected chi connectivity index (χ4v) is 8.12. The SMILES string of the molecule is CC(C)(C)c1cc(CN2CCN(CC(=O)[O-])CCN(CC(=O)[O-])CC2)c([O-])c(C(C)(C)C)c1.CC(C)(C)c1cc(CN2CCN(CC(=O)[O-])CCN(CC(=O)[O-])CC2)c([O-])c(C(C)(C)C)c1.CO.CO.O.O.O.[Co+3].[Co+3]. The molecule has 0 saturated carbocycles. The first-order chi connectivity index (χ1) is 32.3. The van der Waals surface area contributed by atoms with E-state index in [1.807, 2.05) is 65.8 Å². The molecule has 23 heteroatoms. The van der Waals surface area contributed by atoms with Crippen molar-refractivity contribution in [2.24, 2.45) is 0 Å². The Morgan fingerprint density at radius 3 is 0.733 bits per heavy atom. The van der Waals surface area contributed by atoms with Gasteiger partial charge < -0.3 is 76.5 Å². The first-order valence-corrected chi connectivity index (χ1v) is 24.1. The summed E-state index contributed by atoms with van der Waals surface area (Å²) in [6, 6.07) is 8.02. The van der Waals surface area contributed by atoms with Gasteiger partial charge >= 0.3 is 33.6 Å². The Labute approximate surface area is 467 Å². The van der Waals surface area contributed by atoms with E-state index in [0.717, 1.165) is 36.5 Å². The van der Waals surface area contributed by atoms with Gasteiger partial charge in [-0.05, 0) is 55.0 Å². The third-order valence-corrected chi connectivity index (χ3v) is 12.3. The number of benzene rings is 2. The maximum absolute atomic E-state index is 13.4. The van der Waals surface area contributed by atoms with Crippen molar-refractivity contribution in [3.8, 4) is 11.5 Å². The summed E-state index contributed by atoms with van der Waals surface area (Å²) in [7, 11) is 2.00. The van der Waals surface area contributed by atoms with Crippen LogP contribution in [0.1, 0.15) is 116 Å². The minimum absolute atomic E-state index is 0. The van der Waals surface area contributed by atoms with Crippen molar-refractivity contribution in [1.29, 1.82) is 0 Å². The molecule has 0 aliphatic carbocycles. The Balaban J connectivity index is -0.000000384. The quantitative estimate of drug-likeness (QED) is 0.202. The molecule has 0 atom stereocenters. The smallest absolute Gasteiger partial charge is 0.872 e. The molecule has 8 N–H and O–H groups in total. The molecular formula is C52H90Co2N6O15. The molecule has 2 heterocycles. The van der Waals surface area contributed by atoms with Gasteiger partial charge in [-0.2, -0.15) is 0 Å². The van der Waals surface area contributed by atoms with Crippen molar-refractivity contribution >= 4 is 23.9 Å². The maximum Gasteiger partial charge on any atom is 3.00 e. The molecule has 2 aromatic carbocycles. The van der Waals surface area contributed by atoms with Crippen LogP contribution in [-0.2, 0) is 87.5 Å². The summed E-state index contributed by atoms with van der Waals surface area (Å²) in [4.78, 5) is 55.9. The van der Waals surface area contributed by atoms with E-state index in [9.17, 15) is 49.8 Å². The molecule has 2 saturated heterocycles. The summed E-state index contributed by atoms with van der Waals surface area (Å²) in [6.45, 7) is 30.9. The van der Waals surface area contributed by atoms with E-state index in [0.29, 0.717) is 103 Å². The molecule has 436 valence electrons. The second-order valence-corrected chi connectivity index (χ2v) is 22.2. The summed E-state index contributed by atoms with van der Waals surface area (Å²) < 4.78 is 0. The van der Waals surface area contributed by atoms with Gasteiger partial charge in [-0.1, -0.05) is 107 Å². The van der Waals surface area contributed by atoms with Gasteiger partial charge in [0.25, 0.3) is 0 Å². The molecule has 0 amide bonds. The number of aliphatic hydroxyl groups is 2. The van der Waals surface area contributed by atoms with E-state index in [1.165, 1.54) is 0 Å². The van der Waals surface area contributed by atoms with Gasteiger partial charge in [0.15, 0.2) is 0 Å². The molecule has 4 rings (SSSR count). The van der Waals surface area contributed by atoms with Gasteiger partial charge in [0.2, 0.25) is 0 Å². The Bertz CT molecular complexity index is 1790. The largest absolute Gasteiger partial charge is 3.00 e. The molecule has 0 unspecified atom stereocenters. The molecule has 21 nitrogen and oxygen atoms in total. The third kappa shape index (κ3) is 29.2. The Morgan fingerprint density at radius 2 is 0.573 bits per heavy atom. The standard InChI is InChI=1S/2C25H41N3O5.2CH4O.2Co.3H2O/c2*1-24(2,3)19-13-18(23(33)20(14-19)25(4,5)6)15-26-7-9-27(16-21(29)30)11-12-28(10-8-26)17-22(31)32;2*1-2;;;;;/h2*13-14,33H,7-12,15-17H2,1-6H3,(H,29,30)(H,31,32);2*2H,1H3;;;3*1H2/q;;;;2*+3;;;/p-6. The normalized spacial score (nSPS) is 15.9. The number of rotatable bonds is 12. The minimum Gasteiger partial charge on any atom is -0.872 e. The Morgan fingerprint density at radius 1 is 0.387 bits per heavy atom. The fraction of sp³-hybridized carbons (Fsp3) is 0.692. The monoisotopic (exact) mass is 1160 g/mol. The molecule has 2 fully saturated rings. The van der Waals surface area contributed by atoms with E-state index in [1.54, 1.807) is 19.6 Å².